The fourth-order valence-electron chi connectivity index (χ4n) is 5.77. The number of sulfonamides is 1. The summed E-state index contributed by atoms with van der Waals surface area (Å²) in [6, 6.07) is 7.43. The van der Waals surface area contributed by atoms with Crippen molar-refractivity contribution in [2.24, 2.45) is 4.99 Å². The first-order valence-corrected chi connectivity index (χ1v) is 15.1. The van der Waals surface area contributed by atoms with Crippen molar-refractivity contribution < 1.29 is 40.7 Å². The van der Waals surface area contributed by atoms with E-state index in [0.717, 1.165) is 17.2 Å². The largest absolute Gasteiger partial charge is 0.419 e. The third-order valence-electron chi connectivity index (χ3n) is 8.24. The van der Waals surface area contributed by atoms with E-state index in [1.54, 1.807) is 17.0 Å². The number of aliphatic hydroxyl groups excluding tert-OH is 1. The molecule has 2 fully saturated rings. The number of aryl methyl sites for hydroxylation is 2. The summed E-state index contributed by atoms with van der Waals surface area (Å²) in [5.41, 5.74) is -0.610. The number of halogens is 4. The number of carbonyl (C=O) groups excluding carboxylic acids is 2. The predicted octanol–water partition coefficient (Wildman–Crippen LogP) is 2.92. The van der Waals surface area contributed by atoms with Gasteiger partial charge in [-0.15, -0.1) is 0 Å². The molecule has 0 saturated carbocycles. The Bertz CT molecular complexity index is 1550. The first-order valence-electron chi connectivity index (χ1n) is 13.5. The molecule has 2 aromatic rings. The van der Waals surface area contributed by atoms with Crippen molar-refractivity contribution in [2.45, 2.75) is 56.8 Å². The maximum Gasteiger partial charge on any atom is 0.419 e. The molecule has 3 aliphatic rings. The van der Waals surface area contributed by atoms with Crippen LogP contribution in [0, 0.1) is 12.7 Å². The molecule has 14 heteroatoms. The summed E-state index contributed by atoms with van der Waals surface area (Å²) in [5, 5.41) is 12.1. The first kappa shape index (κ1) is 30.1. The van der Waals surface area contributed by atoms with Crippen molar-refractivity contribution in [2.75, 3.05) is 30.3 Å². The molecule has 2 saturated heterocycles. The quantitative estimate of drug-likeness (QED) is 0.468. The number of amides is 2. The van der Waals surface area contributed by atoms with Crippen molar-refractivity contribution in [3.8, 4) is 0 Å². The highest BCUT2D eigenvalue weighted by atomic mass is 32.2. The molecular formula is C28H30F4N4O5S. The van der Waals surface area contributed by atoms with Gasteiger partial charge in [-0.2, -0.15) is 13.2 Å². The number of anilines is 1. The van der Waals surface area contributed by atoms with Gasteiger partial charge in [-0.25, -0.2) is 17.1 Å². The van der Waals surface area contributed by atoms with Gasteiger partial charge in [0.2, 0.25) is 15.9 Å². The van der Waals surface area contributed by atoms with Crippen LogP contribution in [0.15, 0.2) is 41.4 Å². The SMILES string of the molecule is Cc1cc(N2C(=O)CC[C@H]2CO)ccc1CCS(=O)(=O)N1CCC2(CC1)N=C(c1ccc(F)c(C(F)(F)F)c1)NC2=O. The molecule has 0 radical (unpaired) electrons. The molecule has 2 N–H and O–H groups in total. The van der Waals surface area contributed by atoms with Gasteiger partial charge < -0.3 is 15.3 Å². The van der Waals surface area contributed by atoms with Gasteiger partial charge in [-0.3, -0.25) is 14.6 Å². The van der Waals surface area contributed by atoms with Crippen LogP contribution >= 0.6 is 0 Å². The number of carbonyl (C=O) groups is 2. The topological polar surface area (TPSA) is 119 Å². The Hall–Kier alpha value is -3.36. The Balaban J connectivity index is 1.24. The Labute approximate surface area is 240 Å². The van der Waals surface area contributed by atoms with E-state index >= 15 is 0 Å². The van der Waals surface area contributed by atoms with Crippen LogP contribution in [0.1, 0.15) is 47.9 Å². The van der Waals surface area contributed by atoms with Gasteiger partial charge in [0, 0.05) is 30.8 Å². The Morgan fingerprint density at radius 3 is 2.48 bits per heavy atom. The number of hydrogen-bond acceptors (Lipinski definition) is 6. The number of aliphatic hydroxyl groups is 1. The first-order chi connectivity index (χ1) is 19.7. The summed E-state index contributed by atoms with van der Waals surface area (Å²) < 4.78 is 80.8. The second-order valence-corrected chi connectivity index (χ2v) is 12.9. The number of benzene rings is 2. The fourth-order valence-corrected chi connectivity index (χ4v) is 7.24. The van der Waals surface area contributed by atoms with Crippen molar-refractivity contribution in [1.29, 1.82) is 0 Å². The minimum Gasteiger partial charge on any atom is -0.394 e. The number of hydrogen-bond donors (Lipinski definition) is 2. The molecule has 9 nitrogen and oxygen atoms in total. The summed E-state index contributed by atoms with van der Waals surface area (Å²) in [6.07, 6.45) is -3.68. The van der Waals surface area contributed by atoms with Crippen molar-refractivity contribution >= 4 is 33.4 Å². The summed E-state index contributed by atoms with van der Waals surface area (Å²) in [4.78, 5) is 31.1. The highest BCUT2D eigenvalue weighted by molar-refractivity contribution is 7.89. The standard InChI is InChI=1S/C28H30F4N4O5S/c1-17-14-20(36-21(16-37)5-7-24(36)38)4-2-18(17)8-13-42(40,41)35-11-9-27(10-12-35)26(39)33-25(34-27)19-3-6-23(29)22(15-19)28(30,31)32/h2-4,6,14-15,21,37H,5,7-13,16H2,1H3,(H,33,34,39)/t21-/m0/s1. The molecule has 3 aliphatic heterocycles. The van der Waals surface area contributed by atoms with Gasteiger partial charge in [-0.05, 0) is 74.1 Å². The molecule has 2 aromatic carbocycles. The lowest BCUT2D eigenvalue weighted by atomic mass is 9.89. The maximum absolute atomic E-state index is 13.7. The van der Waals surface area contributed by atoms with E-state index < -0.39 is 39.0 Å². The summed E-state index contributed by atoms with van der Waals surface area (Å²) in [5.74, 6) is -2.33. The number of nitrogens with zero attached hydrogens (tertiary/aromatic N) is 3. The van der Waals surface area contributed by atoms with Crippen LogP contribution in [-0.4, -0.2) is 72.5 Å². The lowest BCUT2D eigenvalue weighted by Gasteiger charge is -2.34. The molecule has 0 unspecified atom stereocenters. The molecule has 1 atom stereocenters. The van der Waals surface area contributed by atoms with Gasteiger partial charge in [-0.1, -0.05) is 6.07 Å². The molecule has 1 spiro atoms. The number of amidine groups is 1. The average molecular weight is 611 g/mol. The molecule has 0 aromatic heterocycles. The minimum absolute atomic E-state index is 0.00128. The maximum atomic E-state index is 13.7. The molecule has 0 aliphatic carbocycles. The van der Waals surface area contributed by atoms with Crippen LogP contribution in [0.4, 0.5) is 23.2 Å². The van der Waals surface area contributed by atoms with E-state index in [0.29, 0.717) is 30.7 Å². The highest BCUT2D eigenvalue weighted by Gasteiger charge is 2.48. The van der Waals surface area contributed by atoms with Gasteiger partial charge in [0.05, 0.1) is 24.0 Å². The van der Waals surface area contributed by atoms with E-state index in [9.17, 15) is 40.7 Å². The normalized spacial score (nSPS) is 21.2. The number of rotatable bonds is 7. The van der Waals surface area contributed by atoms with E-state index in [1.165, 1.54) is 4.31 Å². The van der Waals surface area contributed by atoms with Crippen LogP contribution in [0.3, 0.4) is 0 Å². The second-order valence-electron chi connectivity index (χ2n) is 10.9. The van der Waals surface area contributed by atoms with Crippen LogP contribution in [0.25, 0.3) is 0 Å². The Morgan fingerprint density at radius 2 is 1.83 bits per heavy atom. The lowest BCUT2D eigenvalue weighted by molar-refractivity contribution is -0.140. The molecule has 3 heterocycles. The monoisotopic (exact) mass is 610 g/mol. The van der Waals surface area contributed by atoms with Crippen molar-refractivity contribution in [3.63, 3.8) is 0 Å². The number of nitrogens with one attached hydrogen (secondary N) is 1. The van der Waals surface area contributed by atoms with Gasteiger partial charge in [0.1, 0.15) is 17.2 Å². The minimum atomic E-state index is -4.92. The summed E-state index contributed by atoms with van der Waals surface area (Å²) >= 11 is 0. The zero-order valence-electron chi connectivity index (χ0n) is 22.7. The van der Waals surface area contributed by atoms with Crippen molar-refractivity contribution in [3.05, 3.63) is 64.5 Å². The number of piperidine rings is 1. The summed E-state index contributed by atoms with van der Waals surface area (Å²) in [6.45, 7) is 1.70. The van der Waals surface area contributed by atoms with Gasteiger partial charge in [0.15, 0.2) is 0 Å². The Kier molecular flexibility index (Phi) is 7.92. The smallest absolute Gasteiger partial charge is 0.394 e. The molecule has 2 amide bonds. The zero-order chi connectivity index (χ0) is 30.4. The average Bonchev–Trinajstić information content (AvgIpc) is 3.46. The predicted molar refractivity (Wildman–Crippen MR) is 146 cm³/mol. The summed E-state index contributed by atoms with van der Waals surface area (Å²) in [7, 11) is -3.71. The molecule has 226 valence electrons. The third kappa shape index (κ3) is 5.66. The number of aliphatic imine (C=N–C) groups is 1. The van der Waals surface area contributed by atoms with Crippen LogP contribution < -0.4 is 10.2 Å². The van der Waals surface area contributed by atoms with E-state index in [1.807, 2.05) is 13.0 Å². The van der Waals surface area contributed by atoms with Crippen LogP contribution in [0.5, 0.6) is 0 Å². The van der Waals surface area contributed by atoms with Gasteiger partial charge >= 0.3 is 6.18 Å². The third-order valence-corrected chi connectivity index (χ3v) is 10.1. The van der Waals surface area contributed by atoms with E-state index in [4.69, 9.17) is 0 Å². The van der Waals surface area contributed by atoms with Crippen LogP contribution in [0.2, 0.25) is 0 Å². The van der Waals surface area contributed by atoms with Crippen LogP contribution in [-0.2, 0) is 32.2 Å². The van der Waals surface area contributed by atoms with Gasteiger partial charge in [0.25, 0.3) is 5.91 Å². The molecular weight excluding hydrogens is 580 g/mol. The molecule has 5 rings (SSSR count). The zero-order valence-corrected chi connectivity index (χ0v) is 23.6. The van der Waals surface area contributed by atoms with E-state index in [2.05, 4.69) is 10.3 Å². The van der Waals surface area contributed by atoms with E-state index in [-0.39, 0.29) is 68.1 Å². The Morgan fingerprint density at radius 1 is 1.12 bits per heavy atom. The highest BCUT2D eigenvalue weighted by Crippen LogP contribution is 2.35. The fraction of sp³-hybridized carbons (Fsp3) is 0.464. The van der Waals surface area contributed by atoms with Crippen molar-refractivity contribution in [1.82, 2.24) is 9.62 Å². The lowest BCUT2D eigenvalue weighted by Crippen LogP contribution is -2.50. The molecule has 0 bridgehead atoms. The number of alkyl halides is 3. The second kappa shape index (κ2) is 11.0. The molecule has 42 heavy (non-hydrogen) atoms.